The minimum absolute atomic E-state index is 0.0191. The van der Waals surface area contributed by atoms with Crippen molar-refractivity contribution in [3.05, 3.63) is 28.8 Å². The molecule has 4 nitrogen and oxygen atoms in total. The molecule has 0 saturated heterocycles. The van der Waals surface area contributed by atoms with Crippen molar-refractivity contribution in [3.8, 4) is 6.07 Å². The quantitative estimate of drug-likeness (QED) is 0.890. The fraction of sp³-hybridized carbons (Fsp3) is 0.385. The van der Waals surface area contributed by atoms with E-state index in [4.69, 9.17) is 22.0 Å². The fourth-order valence-electron chi connectivity index (χ4n) is 1.92. The predicted molar refractivity (Wildman–Crippen MR) is 70.9 cm³/mol. The van der Waals surface area contributed by atoms with Gasteiger partial charge in [0, 0.05) is 17.6 Å². The molecule has 0 bridgehead atoms. The number of anilines is 1. The highest BCUT2D eigenvalue weighted by molar-refractivity contribution is 6.30. The minimum Gasteiger partial charge on any atom is -0.481 e. The Labute approximate surface area is 111 Å². The maximum absolute atomic E-state index is 10.8. The number of halogens is 1. The number of aliphatic carboxylic acids is 1. The van der Waals surface area contributed by atoms with Crippen LogP contribution in [-0.4, -0.2) is 23.7 Å². The maximum Gasteiger partial charge on any atom is 0.305 e. The highest BCUT2D eigenvalue weighted by Gasteiger charge is 2.18. The zero-order valence-corrected chi connectivity index (χ0v) is 11.1. The maximum atomic E-state index is 10.8. The summed E-state index contributed by atoms with van der Waals surface area (Å²) < 4.78 is 0. The van der Waals surface area contributed by atoms with Gasteiger partial charge in [-0.3, -0.25) is 4.79 Å². The summed E-state index contributed by atoms with van der Waals surface area (Å²) in [6.07, 6.45) is 0.0191. The van der Waals surface area contributed by atoms with E-state index >= 15 is 0 Å². The summed E-state index contributed by atoms with van der Waals surface area (Å²) >= 11 is 5.93. The third-order valence-electron chi connectivity index (χ3n) is 2.73. The highest BCUT2D eigenvalue weighted by atomic mass is 35.5. The summed E-state index contributed by atoms with van der Waals surface area (Å²) in [5, 5.41) is 18.5. The Morgan fingerprint density at radius 2 is 2.28 bits per heavy atom. The SMILES string of the molecule is CCN(c1cc(Cl)ccc1C#N)C(C)CC(=O)O. The highest BCUT2D eigenvalue weighted by Crippen LogP contribution is 2.26. The molecule has 0 fully saturated rings. The van der Waals surface area contributed by atoms with Gasteiger partial charge in [0.25, 0.3) is 0 Å². The number of nitriles is 1. The van der Waals surface area contributed by atoms with E-state index in [0.717, 1.165) is 0 Å². The summed E-state index contributed by atoms with van der Waals surface area (Å²) in [6.45, 7) is 4.35. The number of carboxylic acid groups (broad SMARTS) is 1. The molecule has 0 aliphatic heterocycles. The summed E-state index contributed by atoms with van der Waals surface area (Å²) in [5.74, 6) is -0.860. The van der Waals surface area contributed by atoms with E-state index in [0.29, 0.717) is 22.8 Å². The average Bonchev–Trinajstić information content (AvgIpc) is 2.29. The second-order valence-corrected chi connectivity index (χ2v) is 4.44. The number of nitrogens with zero attached hydrogens (tertiary/aromatic N) is 2. The largest absolute Gasteiger partial charge is 0.481 e. The van der Waals surface area contributed by atoms with E-state index in [1.54, 1.807) is 18.2 Å². The first-order chi connectivity index (χ1) is 8.49. The van der Waals surface area contributed by atoms with Crippen molar-refractivity contribution in [2.45, 2.75) is 26.3 Å². The van der Waals surface area contributed by atoms with Crippen LogP contribution in [0.25, 0.3) is 0 Å². The van der Waals surface area contributed by atoms with Crippen LogP contribution in [0.2, 0.25) is 5.02 Å². The van der Waals surface area contributed by atoms with Crippen molar-refractivity contribution in [2.75, 3.05) is 11.4 Å². The molecule has 0 spiro atoms. The van der Waals surface area contributed by atoms with Gasteiger partial charge in [0.2, 0.25) is 0 Å². The molecule has 1 aromatic rings. The van der Waals surface area contributed by atoms with Crippen LogP contribution in [0.4, 0.5) is 5.69 Å². The van der Waals surface area contributed by atoms with E-state index in [9.17, 15) is 4.79 Å². The lowest BCUT2D eigenvalue weighted by Crippen LogP contribution is -2.35. The zero-order valence-electron chi connectivity index (χ0n) is 10.4. The molecule has 0 aliphatic carbocycles. The van der Waals surface area contributed by atoms with Gasteiger partial charge in [-0.15, -0.1) is 0 Å². The summed E-state index contributed by atoms with van der Waals surface area (Å²) in [5.41, 5.74) is 1.18. The minimum atomic E-state index is -0.860. The lowest BCUT2D eigenvalue weighted by molar-refractivity contribution is -0.137. The molecule has 0 radical (unpaired) electrons. The fourth-order valence-corrected chi connectivity index (χ4v) is 2.09. The van der Waals surface area contributed by atoms with Crippen LogP contribution in [-0.2, 0) is 4.79 Å². The molecule has 0 aromatic heterocycles. The van der Waals surface area contributed by atoms with Crippen molar-refractivity contribution in [3.63, 3.8) is 0 Å². The third kappa shape index (κ3) is 3.38. The van der Waals surface area contributed by atoms with Gasteiger partial charge in [0.05, 0.1) is 17.7 Å². The Bertz CT molecular complexity index is 482. The smallest absolute Gasteiger partial charge is 0.305 e. The van der Waals surface area contributed by atoms with Gasteiger partial charge >= 0.3 is 5.97 Å². The van der Waals surface area contributed by atoms with E-state index in [1.165, 1.54) is 0 Å². The average molecular weight is 267 g/mol. The van der Waals surface area contributed by atoms with Crippen LogP contribution in [0.1, 0.15) is 25.8 Å². The standard InChI is InChI=1S/C13H15ClN2O2/c1-3-16(9(2)6-13(17)18)12-7-11(14)5-4-10(12)8-15/h4-5,7,9H,3,6H2,1-2H3,(H,17,18). The van der Waals surface area contributed by atoms with Crippen LogP contribution >= 0.6 is 11.6 Å². The molecule has 0 amide bonds. The molecule has 1 N–H and O–H groups in total. The summed E-state index contributed by atoms with van der Waals surface area (Å²) in [7, 11) is 0. The van der Waals surface area contributed by atoms with Crippen molar-refractivity contribution in [1.29, 1.82) is 5.26 Å². The van der Waals surface area contributed by atoms with Crippen molar-refractivity contribution >= 4 is 23.3 Å². The molecule has 1 atom stereocenters. The first-order valence-electron chi connectivity index (χ1n) is 5.67. The van der Waals surface area contributed by atoms with Crippen molar-refractivity contribution in [1.82, 2.24) is 0 Å². The molecular weight excluding hydrogens is 252 g/mol. The van der Waals surface area contributed by atoms with Gasteiger partial charge in [-0.25, -0.2) is 0 Å². The molecule has 0 aliphatic rings. The van der Waals surface area contributed by atoms with E-state index < -0.39 is 5.97 Å². The van der Waals surface area contributed by atoms with Crippen LogP contribution in [0.3, 0.4) is 0 Å². The number of rotatable bonds is 5. The number of carboxylic acids is 1. The Hall–Kier alpha value is -1.73. The third-order valence-corrected chi connectivity index (χ3v) is 2.97. The van der Waals surface area contributed by atoms with Gasteiger partial charge in [0.1, 0.15) is 6.07 Å². The van der Waals surface area contributed by atoms with Crippen LogP contribution in [0.15, 0.2) is 18.2 Å². The van der Waals surface area contributed by atoms with Crippen LogP contribution < -0.4 is 4.90 Å². The van der Waals surface area contributed by atoms with Gasteiger partial charge in [-0.05, 0) is 32.0 Å². The number of hydrogen-bond acceptors (Lipinski definition) is 3. The van der Waals surface area contributed by atoms with E-state index in [-0.39, 0.29) is 12.5 Å². The Kier molecular flexibility index (Phi) is 4.99. The number of hydrogen-bond donors (Lipinski definition) is 1. The summed E-state index contributed by atoms with van der Waals surface area (Å²) in [6, 6.07) is 6.90. The topological polar surface area (TPSA) is 64.3 Å². The van der Waals surface area contributed by atoms with E-state index in [2.05, 4.69) is 6.07 Å². The van der Waals surface area contributed by atoms with Crippen LogP contribution in [0.5, 0.6) is 0 Å². The number of carbonyl (C=O) groups is 1. The molecule has 1 unspecified atom stereocenters. The monoisotopic (exact) mass is 266 g/mol. The first kappa shape index (κ1) is 14.3. The van der Waals surface area contributed by atoms with Crippen molar-refractivity contribution < 1.29 is 9.90 Å². The molecular formula is C13H15ClN2O2. The molecule has 0 saturated carbocycles. The molecule has 1 aromatic carbocycles. The van der Waals surface area contributed by atoms with Gasteiger partial charge in [0.15, 0.2) is 0 Å². The Morgan fingerprint density at radius 3 is 2.78 bits per heavy atom. The Morgan fingerprint density at radius 1 is 1.61 bits per heavy atom. The Balaban J connectivity index is 3.12. The second-order valence-electron chi connectivity index (χ2n) is 4.01. The van der Waals surface area contributed by atoms with E-state index in [1.807, 2.05) is 18.7 Å². The molecule has 0 heterocycles. The zero-order chi connectivity index (χ0) is 13.7. The lowest BCUT2D eigenvalue weighted by Gasteiger charge is -2.30. The molecule has 18 heavy (non-hydrogen) atoms. The van der Waals surface area contributed by atoms with Gasteiger partial charge < -0.3 is 10.0 Å². The van der Waals surface area contributed by atoms with Gasteiger partial charge in [-0.2, -0.15) is 5.26 Å². The number of benzene rings is 1. The molecule has 96 valence electrons. The van der Waals surface area contributed by atoms with Crippen molar-refractivity contribution in [2.24, 2.45) is 0 Å². The lowest BCUT2D eigenvalue weighted by atomic mass is 10.1. The second kappa shape index (κ2) is 6.27. The summed E-state index contributed by atoms with van der Waals surface area (Å²) in [4.78, 5) is 12.6. The molecule has 5 heteroatoms. The van der Waals surface area contributed by atoms with Gasteiger partial charge in [-0.1, -0.05) is 11.6 Å². The normalized spacial score (nSPS) is 11.7. The molecule has 1 rings (SSSR count). The van der Waals surface area contributed by atoms with Crippen LogP contribution in [0, 0.1) is 11.3 Å². The first-order valence-corrected chi connectivity index (χ1v) is 6.05. The predicted octanol–water partition coefficient (Wildman–Crippen LogP) is 2.90.